The predicted molar refractivity (Wildman–Crippen MR) is 41.8 cm³/mol. The summed E-state index contributed by atoms with van der Waals surface area (Å²) >= 11 is 0. The van der Waals surface area contributed by atoms with E-state index in [9.17, 15) is 35.1 Å². The van der Waals surface area contributed by atoms with Crippen molar-refractivity contribution in [2.75, 3.05) is 6.61 Å². The Hall–Kier alpha value is -0.860. The lowest BCUT2D eigenvalue weighted by Gasteiger charge is -2.29. The summed E-state index contributed by atoms with van der Waals surface area (Å²) in [7, 11) is 0. The molecule has 0 saturated carbocycles. The second-order valence-electron chi connectivity index (χ2n) is 2.92. The molecule has 0 aromatic heterocycles. The van der Waals surface area contributed by atoms with Gasteiger partial charge in [0.05, 0.1) is 6.61 Å². The first-order chi connectivity index (χ1) is 7.58. The third kappa shape index (κ3) is 3.55. The van der Waals surface area contributed by atoms with Crippen LogP contribution in [0.5, 0.6) is 0 Å². The van der Waals surface area contributed by atoms with E-state index in [1.54, 1.807) is 0 Å². The molecule has 0 N–H and O–H groups in total. The molecule has 0 amide bonds. The average Bonchev–Trinajstić information content (AvgIpc) is 2.23. The minimum absolute atomic E-state index is 0.650. The second-order valence-corrected chi connectivity index (χ2v) is 2.92. The Morgan fingerprint density at radius 1 is 1.06 bits per heavy atom. The van der Waals surface area contributed by atoms with Gasteiger partial charge in [0.1, 0.15) is 0 Å². The van der Waals surface area contributed by atoms with E-state index >= 15 is 0 Å². The molecule has 0 bridgehead atoms. The van der Waals surface area contributed by atoms with Crippen molar-refractivity contribution in [2.45, 2.75) is 30.8 Å². The van der Waals surface area contributed by atoms with Gasteiger partial charge in [-0.05, 0) is 0 Å². The number of alkyl halides is 8. The highest BCUT2D eigenvalue weighted by Crippen LogP contribution is 2.41. The molecule has 0 rings (SSSR count). The van der Waals surface area contributed by atoms with Gasteiger partial charge in [0.25, 0.3) is 6.43 Å². The lowest BCUT2D eigenvalue weighted by Crippen LogP contribution is -2.54. The molecule has 0 aromatic carbocycles. The Bertz CT molecular complexity index is 254. The maximum atomic E-state index is 12.7. The van der Waals surface area contributed by atoms with Crippen LogP contribution < -0.4 is 0 Å². The van der Waals surface area contributed by atoms with Crippen LogP contribution in [0.1, 0.15) is 0 Å². The summed E-state index contributed by atoms with van der Waals surface area (Å²) in [5.41, 5.74) is 0. The minimum Gasteiger partial charge on any atom is -0.311 e. The topological polar surface area (TPSA) is 9.23 Å². The largest absolute Gasteiger partial charge is 0.422 e. The van der Waals surface area contributed by atoms with Crippen LogP contribution in [-0.4, -0.2) is 37.4 Å². The molecule has 0 fully saturated rings. The van der Waals surface area contributed by atoms with Crippen molar-refractivity contribution in [3.63, 3.8) is 0 Å². The fourth-order valence-corrected chi connectivity index (χ4v) is 0.748. The van der Waals surface area contributed by atoms with Crippen molar-refractivity contribution in [2.24, 2.45) is 0 Å². The first-order valence-corrected chi connectivity index (χ1v) is 4.14. The van der Waals surface area contributed by atoms with Crippen LogP contribution in [0.25, 0.3) is 0 Å². The Labute approximate surface area is 91.0 Å². The Kier molecular flexibility index (Phi) is 5.37. The first-order valence-electron chi connectivity index (χ1n) is 4.14. The molecule has 102 valence electrons. The van der Waals surface area contributed by atoms with E-state index in [0.717, 1.165) is 0 Å². The van der Waals surface area contributed by atoms with Crippen molar-refractivity contribution in [3.8, 4) is 0 Å². The van der Waals surface area contributed by atoms with E-state index in [2.05, 4.69) is 11.3 Å². The van der Waals surface area contributed by atoms with Gasteiger partial charge in [0.15, 0.2) is 6.17 Å². The van der Waals surface area contributed by atoms with Gasteiger partial charge >= 0.3 is 12.0 Å². The van der Waals surface area contributed by atoms with Crippen molar-refractivity contribution in [3.05, 3.63) is 12.7 Å². The molecule has 0 radical (unpaired) electrons. The van der Waals surface area contributed by atoms with Crippen molar-refractivity contribution in [1.29, 1.82) is 0 Å². The van der Waals surface area contributed by atoms with Gasteiger partial charge in [-0.1, -0.05) is 6.08 Å². The van der Waals surface area contributed by atoms with Crippen molar-refractivity contribution >= 4 is 0 Å². The minimum atomic E-state index is -5.72. The number of halogens is 8. The number of hydrogen-bond donors (Lipinski definition) is 0. The zero-order chi connectivity index (χ0) is 13.9. The van der Waals surface area contributed by atoms with Gasteiger partial charge in [0, 0.05) is 0 Å². The van der Waals surface area contributed by atoms with Crippen LogP contribution in [-0.2, 0) is 4.74 Å². The van der Waals surface area contributed by atoms with Crippen LogP contribution in [0, 0.1) is 0 Å². The summed E-state index contributed by atoms with van der Waals surface area (Å²) < 4.78 is 102. The van der Waals surface area contributed by atoms with Gasteiger partial charge in [-0.15, -0.1) is 6.58 Å². The predicted octanol–water partition coefficient (Wildman–Crippen LogP) is 3.36. The Morgan fingerprint density at radius 2 is 1.53 bits per heavy atom. The van der Waals surface area contributed by atoms with Crippen LogP contribution >= 0.6 is 0 Å². The molecule has 0 saturated heterocycles. The molecular weight excluding hydrogens is 264 g/mol. The molecule has 2 atom stereocenters. The van der Waals surface area contributed by atoms with Gasteiger partial charge in [0.2, 0.25) is 6.17 Å². The fraction of sp³-hybridized carbons (Fsp3) is 0.750. The fourth-order valence-electron chi connectivity index (χ4n) is 0.748. The molecule has 17 heavy (non-hydrogen) atoms. The van der Waals surface area contributed by atoms with Gasteiger partial charge in [-0.25, -0.2) is 17.6 Å². The summed E-state index contributed by atoms with van der Waals surface area (Å²) in [5.74, 6) is -5.72. The van der Waals surface area contributed by atoms with Crippen LogP contribution in [0.2, 0.25) is 0 Å². The first kappa shape index (κ1) is 16.1. The quantitative estimate of drug-likeness (QED) is 0.510. The molecule has 0 aliphatic rings. The van der Waals surface area contributed by atoms with Gasteiger partial charge in [-0.3, -0.25) is 0 Å². The highest BCUT2D eigenvalue weighted by Gasteiger charge is 2.66. The van der Waals surface area contributed by atoms with E-state index in [4.69, 9.17) is 0 Å². The molecular formula is C8H8F8O. The van der Waals surface area contributed by atoms with Crippen LogP contribution in [0.15, 0.2) is 12.7 Å². The standard InChI is InChI=1S/C8H8F8O/c1-2-3-17-8(15,16)7(13,14)5(10)4(9)6(11)12/h2,4-6H,1,3H2. The highest BCUT2D eigenvalue weighted by atomic mass is 19.3. The van der Waals surface area contributed by atoms with E-state index in [0.29, 0.717) is 6.08 Å². The van der Waals surface area contributed by atoms with Crippen molar-refractivity contribution < 1.29 is 39.9 Å². The summed E-state index contributed by atoms with van der Waals surface area (Å²) in [4.78, 5) is 0. The van der Waals surface area contributed by atoms with E-state index in [-0.39, 0.29) is 0 Å². The van der Waals surface area contributed by atoms with E-state index in [1.807, 2.05) is 0 Å². The molecule has 1 nitrogen and oxygen atoms in total. The molecule has 0 heterocycles. The molecule has 9 heteroatoms. The second kappa shape index (κ2) is 5.65. The van der Waals surface area contributed by atoms with Crippen LogP contribution in [0.3, 0.4) is 0 Å². The van der Waals surface area contributed by atoms with Crippen LogP contribution in [0.4, 0.5) is 35.1 Å². The molecule has 0 aromatic rings. The smallest absolute Gasteiger partial charge is 0.311 e. The van der Waals surface area contributed by atoms with Gasteiger partial charge < -0.3 is 4.74 Å². The zero-order valence-electron chi connectivity index (χ0n) is 8.16. The summed E-state index contributed by atoms with van der Waals surface area (Å²) in [6.45, 7) is 1.78. The third-order valence-electron chi connectivity index (χ3n) is 1.64. The molecule has 2 unspecified atom stereocenters. The number of rotatable bonds is 7. The summed E-state index contributed by atoms with van der Waals surface area (Å²) in [6, 6.07) is 0. The normalized spacial score (nSPS) is 17.0. The summed E-state index contributed by atoms with van der Waals surface area (Å²) in [5, 5.41) is 0. The monoisotopic (exact) mass is 272 g/mol. The number of hydrogen-bond acceptors (Lipinski definition) is 1. The highest BCUT2D eigenvalue weighted by molar-refractivity contribution is 4.91. The Morgan fingerprint density at radius 3 is 1.88 bits per heavy atom. The maximum Gasteiger partial charge on any atom is 0.422 e. The summed E-state index contributed by atoms with van der Waals surface area (Å²) in [6.07, 6.45) is -17.3. The maximum absolute atomic E-state index is 12.7. The Balaban J connectivity index is 4.90. The molecule has 0 aliphatic heterocycles. The van der Waals surface area contributed by atoms with Crippen molar-refractivity contribution in [1.82, 2.24) is 0 Å². The lowest BCUT2D eigenvalue weighted by atomic mass is 10.1. The third-order valence-corrected chi connectivity index (χ3v) is 1.64. The van der Waals surface area contributed by atoms with Gasteiger partial charge in [-0.2, -0.15) is 17.6 Å². The zero-order valence-corrected chi connectivity index (χ0v) is 8.16. The molecule has 0 spiro atoms. The lowest BCUT2D eigenvalue weighted by molar-refractivity contribution is -0.364. The molecule has 0 aliphatic carbocycles. The SMILES string of the molecule is C=CCOC(F)(F)C(F)(F)C(F)C(F)C(F)F. The van der Waals surface area contributed by atoms with E-state index < -0.39 is 37.4 Å². The number of ether oxygens (including phenoxy) is 1. The van der Waals surface area contributed by atoms with E-state index in [1.165, 1.54) is 0 Å². The average molecular weight is 272 g/mol.